The van der Waals surface area contributed by atoms with Crippen molar-refractivity contribution in [2.45, 2.75) is 42.1 Å². The van der Waals surface area contributed by atoms with Crippen molar-refractivity contribution in [3.05, 3.63) is 71.8 Å². The molecular weight excluding hydrogens is 352 g/mol. The van der Waals surface area contributed by atoms with Gasteiger partial charge in [-0.15, -0.1) is 12.6 Å². The lowest BCUT2D eigenvalue weighted by Gasteiger charge is -2.50. The molecule has 0 amide bonds. The third-order valence-corrected chi connectivity index (χ3v) is 5.44. The number of benzene rings is 2. The standard InChI is InChI=1S/C20H22O5S/c21-16-17-15(12-23-19(24-17)14-9-5-2-6-10-14)25-20(26,18(16)22)11-13-7-3-1-4-8-13/h1-10,15-19,21-22,26H,11-12H2/t15-,16+,17+,18-,19?,20?/m1/s1. The molecule has 6 heteroatoms. The number of hydrogen-bond acceptors (Lipinski definition) is 6. The van der Waals surface area contributed by atoms with Crippen LogP contribution in [0, 0.1) is 0 Å². The minimum absolute atomic E-state index is 0.255. The molecule has 2 aliphatic rings. The van der Waals surface area contributed by atoms with E-state index in [1.807, 2.05) is 60.7 Å². The number of ether oxygens (including phenoxy) is 3. The molecule has 4 rings (SSSR count). The number of rotatable bonds is 3. The van der Waals surface area contributed by atoms with Gasteiger partial charge in [0.1, 0.15) is 29.3 Å². The summed E-state index contributed by atoms with van der Waals surface area (Å²) in [4.78, 5) is -1.21. The van der Waals surface area contributed by atoms with Crippen LogP contribution in [0.25, 0.3) is 0 Å². The quantitative estimate of drug-likeness (QED) is 0.718. The van der Waals surface area contributed by atoms with Crippen LogP contribution >= 0.6 is 12.6 Å². The highest BCUT2D eigenvalue weighted by molar-refractivity contribution is 7.81. The Balaban J connectivity index is 1.51. The Hall–Kier alpha value is -1.41. The summed E-state index contributed by atoms with van der Waals surface area (Å²) >= 11 is 4.58. The van der Waals surface area contributed by atoms with Gasteiger partial charge < -0.3 is 24.4 Å². The van der Waals surface area contributed by atoms with Crippen LogP contribution in [0.2, 0.25) is 0 Å². The van der Waals surface area contributed by atoms with Gasteiger partial charge in [0, 0.05) is 12.0 Å². The van der Waals surface area contributed by atoms with E-state index >= 15 is 0 Å². The molecular formula is C20H22O5S. The molecule has 0 radical (unpaired) electrons. The van der Waals surface area contributed by atoms with E-state index in [4.69, 9.17) is 14.2 Å². The number of hydrogen-bond donors (Lipinski definition) is 3. The molecule has 2 heterocycles. The van der Waals surface area contributed by atoms with E-state index in [0.717, 1.165) is 11.1 Å². The van der Waals surface area contributed by atoms with Gasteiger partial charge >= 0.3 is 0 Å². The smallest absolute Gasteiger partial charge is 0.184 e. The average molecular weight is 374 g/mol. The molecule has 0 aromatic heterocycles. The van der Waals surface area contributed by atoms with Crippen molar-refractivity contribution in [2.75, 3.05) is 6.61 Å². The highest BCUT2D eigenvalue weighted by Gasteiger charge is 2.54. The van der Waals surface area contributed by atoms with E-state index in [0.29, 0.717) is 6.42 Å². The zero-order chi connectivity index (χ0) is 18.1. The van der Waals surface area contributed by atoms with Crippen LogP contribution in [0.5, 0.6) is 0 Å². The summed E-state index contributed by atoms with van der Waals surface area (Å²) < 4.78 is 17.8. The molecule has 5 nitrogen and oxygen atoms in total. The van der Waals surface area contributed by atoms with Gasteiger partial charge in [-0.3, -0.25) is 0 Å². The summed E-state index contributed by atoms with van der Waals surface area (Å²) in [6, 6.07) is 19.1. The average Bonchev–Trinajstić information content (AvgIpc) is 2.67. The minimum Gasteiger partial charge on any atom is -0.387 e. The maximum absolute atomic E-state index is 10.7. The van der Waals surface area contributed by atoms with E-state index < -0.39 is 35.6 Å². The van der Waals surface area contributed by atoms with E-state index in [9.17, 15) is 10.2 Å². The predicted octanol–water partition coefficient (Wildman–Crippen LogP) is 2.09. The summed E-state index contributed by atoms with van der Waals surface area (Å²) in [6.07, 6.45) is -3.73. The van der Waals surface area contributed by atoms with Gasteiger partial charge in [-0.25, -0.2) is 0 Å². The van der Waals surface area contributed by atoms with Crippen molar-refractivity contribution in [3.8, 4) is 0 Å². The molecule has 2 saturated heterocycles. The fourth-order valence-electron chi connectivity index (χ4n) is 3.55. The fraction of sp³-hybridized carbons (Fsp3) is 0.400. The first-order valence-corrected chi connectivity index (χ1v) is 9.14. The van der Waals surface area contributed by atoms with E-state index in [2.05, 4.69) is 12.6 Å². The molecule has 0 saturated carbocycles. The Morgan fingerprint density at radius 2 is 1.65 bits per heavy atom. The van der Waals surface area contributed by atoms with Crippen LogP contribution in [0.15, 0.2) is 60.7 Å². The Bertz CT molecular complexity index is 725. The van der Waals surface area contributed by atoms with E-state index in [1.165, 1.54) is 0 Å². The van der Waals surface area contributed by atoms with Crippen LogP contribution in [-0.2, 0) is 20.6 Å². The topological polar surface area (TPSA) is 68.2 Å². The molecule has 2 aromatic rings. The Morgan fingerprint density at radius 1 is 1.00 bits per heavy atom. The van der Waals surface area contributed by atoms with Crippen LogP contribution in [0.1, 0.15) is 17.4 Å². The maximum atomic E-state index is 10.7. The molecule has 0 aliphatic carbocycles. The Morgan fingerprint density at radius 3 is 2.35 bits per heavy atom. The highest BCUT2D eigenvalue weighted by Crippen LogP contribution is 2.41. The van der Waals surface area contributed by atoms with Crippen LogP contribution in [-0.4, -0.2) is 46.2 Å². The van der Waals surface area contributed by atoms with Crippen LogP contribution < -0.4 is 0 Å². The summed E-state index contributed by atoms with van der Waals surface area (Å²) in [5.74, 6) is 0. The van der Waals surface area contributed by atoms with Gasteiger partial charge in [0.15, 0.2) is 6.29 Å². The number of fused-ring (bicyclic) bond motifs is 1. The second-order valence-corrected chi connectivity index (χ2v) is 7.53. The normalized spacial score (nSPS) is 37.1. The van der Waals surface area contributed by atoms with E-state index in [-0.39, 0.29) is 6.61 Å². The molecule has 0 bridgehead atoms. The lowest BCUT2D eigenvalue weighted by atomic mass is 9.90. The molecule has 2 N–H and O–H groups in total. The van der Waals surface area contributed by atoms with Crippen molar-refractivity contribution in [1.82, 2.24) is 0 Å². The van der Waals surface area contributed by atoms with Crippen LogP contribution in [0.3, 0.4) is 0 Å². The molecule has 2 aliphatic heterocycles. The predicted molar refractivity (Wildman–Crippen MR) is 98.8 cm³/mol. The van der Waals surface area contributed by atoms with Crippen molar-refractivity contribution in [3.63, 3.8) is 0 Å². The molecule has 2 fully saturated rings. The monoisotopic (exact) mass is 374 g/mol. The first-order valence-electron chi connectivity index (χ1n) is 8.69. The number of aliphatic hydroxyl groups is 2. The minimum atomic E-state index is -1.21. The van der Waals surface area contributed by atoms with Gasteiger partial charge in [-0.05, 0) is 5.56 Å². The third-order valence-electron chi connectivity index (χ3n) is 4.91. The molecule has 2 unspecified atom stereocenters. The van der Waals surface area contributed by atoms with Crippen molar-refractivity contribution in [2.24, 2.45) is 0 Å². The third kappa shape index (κ3) is 3.41. The fourth-order valence-corrected chi connectivity index (χ4v) is 4.02. The van der Waals surface area contributed by atoms with Gasteiger partial charge in [-0.1, -0.05) is 60.7 Å². The molecule has 26 heavy (non-hydrogen) atoms. The second-order valence-electron chi connectivity index (χ2n) is 6.78. The number of aliphatic hydroxyl groups excluding tert-OH is 2. The summed E-state index contributed by atoms with van der Waals surface area (Å²) in [6.45, 7) is 0.255. The SMILES string of the molecule is O[C@H]1[C@H]2OC(c3ccccc3)OC[C@H]2OC(S)(Cc2ccccc2)[C@@H]1O. The van der Waals surface area contributed by atoms with Crippen molar-refractivity contribution >= 4 is 12.6 Å². The van der Waals surface area contributed by atoms with E-state index in [1.54, 1.807) is 0 Å². The van der Waals surface area contributed by atoms with Crippen LogP contribution in [0.4, 0.5) is 0 Å². The molecule has 0 spiro atoms. The number of thiol groups is 1. The Kier molecular flexibility index (Phi) is 5.05. The lowest BCUT2D eigenvalue weighted by molar-refractivity contribution is -0.333. The Labute approximate surface area is 157 Å². The second kappa shape index (κ2) is 7.31. The van der Waals surface area contributed by atoms with Gasteiger partial charge in [0.2, 0.25) is 0 Å². The summed E-state index contributed by atoms with van der Waals surface area (Å²) in [7, 11) is 0. The molecule has 138 valence electrons. The molecule has 2 aromatic carbocycles. The summed E-state index contributed by atoms with van der Waals surface area (Å²) in [5.41, 5.74) is 1.83. The van der Waals surface area contributed by atoms with Crippen molar-refractivity contribution < 1.29 is 24.4 Å². The van der Waals surface area contributed by atoms with Crippen molar-refractivity contribution in [1.29, 1.82) is 0 Å². The first-order chi connectivity index (χ1) is 12.6. The zero-order valence-electron chi connectivity index (χ0n) is 14.1. The lowest BCUT2D eigenvalue weighted by Crippen LogP contribution is -2.66. The molecule has 6 atom stereocenters. The zero-order valence-corrected chi connectivity index (χ0v) is 15.0. The highest BCUT2D eigenvalue weighted by atomic mass is 32.1. The maximum Gasteiger partial charge on any atom is 0.184 e. The largest absolute Gasteiger partial charge is 0.387 e. The van der Waals surface area contributed by atoms with Gasteiger partial charge in [0.05, 0.1) is 6.61 Å². The van der Waals surface area contributed by atoms with Gasteiger partial charge in [-0.2, -0.15) is 0 Å². The summed E-state index contributed by atoms with van der Waals surface area (Å²) in [5, 5.41) is 21.4. The first kappa shape index (κ1) is 18.0. The van der Waals surface area contributed by atoms with Gasteiger partial charge in [0.25, 0.3) is 0 Å².